The highest BCUT2D eigenvalue weighted by atomic mass is 32.2. The Morgan fingerprint density at radius 2 is 2.14 bits per heavy atom. The minimum atomic E-state index is -3.35. The monoisotopic (exact) mass is 311 g/mol. The lowest BCUT2D eigenvalue weighted by molar-refractivity contribution is -0.117. The average Bonchev–Trinajstić information content (AvgIpc) is 2.45. The quantitative estimate of drug-likeness (QED) is 0.747. The Hall–Kier alpha value is -1.63. The van der Waals surface area contributed by atoms with Gasteiger partial charge in [-0.15, -0.1) is 4.40 Å². The fourth-order valence-corrected chi connectivity index (χ4v) is 3.16. The zero-order valence-electron chi connectivity index (χ0n) is 12.2. The minimum Gasteiger partial charge on any atom is -0.352 e. The molecule has 2 aliphatic rings. The van der Waals surface area contributed by atoms with Crippen LogP contribution < -0.4 is 5.32 Å². The van der Waals surface area contributed by atoms with Gasteiger partial charge >= 0.3 is 0 Å². The summed E-state index contributed by atoms with van der Waals surface area (Å²) in [4.78, 5) is 13.7. The summed E-state index contributed by atoms with van der Waals surface area (Å²) in [6.45, 7) is 3.15. The standard InChI is InChI=1S/C14H21N3O3S/c1-2-3-4-5-8-15-14(18)12-6-7-13-16-21(19,20)10-9-17(13)11-12/h6-7,11H,2-5,8-10H2,1H3,(H,15,18). The lowest BCUT2D eigenvalue weighted by atomic mass is 10.1. The van der Waals surface area contributed by atoms with Crippen molar-refractivity contribution in [2.24, 2.45) is 4.40 Å². The zero-order valence-corrected chi connectivity index (χ0v) is 13.0. The van der Waals surface area contributed by atoms with E-state index >= 15 is 0 Å². The van der Waals surface area contributed by atoms with E-state index in [2.05, 4.69) is 16.6 Å². The maximum absolute atomic E-state index is 12.0. The van der Waals surface area contributed by atoms with E-state index in [-0.39, 0.29) is 11.7 Å². The molecule has 0 aromatic heterocycles. The molecule has 7 heteroatoms. The van der Waals surface area contributed by atoms with Crippen LogP contribution in [0.1, 0.15) is 32.6 Å². The molecule has 116 valence electrons. The second-order valence-electron chi connectivity index (χ2n) is 5.16. The summed E-state index contributed by atoms with van der Waals surface area (Å²) < 4.78 is 26.5. The summed E-state index contributed by atoms with van der Waals surface area (Å²) in [6.07, 6.45) is 9.29. The number of unbranched alkanes of at least 4 members (excludes halogenated alkanes) is 3. The Bertz CT molecular complexity index is 591. The van der Waals surface area contributed by atoms with Gasteiger partial charge < -0.3 is 10.2 Å². The van der Waals surface area contributed by atoms with Crippen molar-refractivity contribution in [1.29, 1.82) is 0 Å². The molecular formula is C14H21N3O3S. The normalized spacial score (nSPS) is 19.6. The molecule has 2 rings (SSSR count). The van der Waals surface area contributed by atoms with Gasteiger partial charge in [0, 0.05) is 19.3 Å². The summed E-state index contributed by atoms with van der Waals surface area (Å²) in [5.74, 6) is 0.225. The van der Waals surface area contributed by atoms with Crippen molar-refractivity contribution in [3.05, 3.63) is 23.9 Å². The van der Waals surface area contributed by atoms with Gasteiger partial charge in [-0.1, -0.05) is 26.2 Å². The van der Waals surface area contributed by atoms with E-state index in [9.17, 15) is 13.2 Å². The molecule has 6 nitrogen and oxygen atoms in total. The number of nitrogens with one attached hydrogen (secondary N) is 1. The first-order valence-electron chi connectivity index (χ1n) is 7.29. The van der Waals surface area contributed by atoms with E-state index in [1.165, 1.54) is 12.8 Å². The van der Waals surface area contributed by atoms with Gasteiger partial charge in [0.05, 0.1) is 11.3 Å². The van der Waals surface area contributed by atoms with E-state index in [1.807, 2.05) is 0 Å². The minimum absolute atomic E-state index is 0.0211. The Labute approximate surface area is 125 Å². The second kappa shape index (κ2) is 6.89. The van der Waals surface area contributed by atoms with Gasteiger partial charge in [-0.25, -0.2) is 8.42 Å². The Balaban J connectivity index is 1.90. The lowest BCUT2D eigenvalue weighted by Crippen LogP contribution is -2.38. The fourth-order valence-electron chi connectivity index (χ4n) is 2.19. The molecule has 0 radical (unpaired) electrons. The van der Waals surface area contributed by atoms with Crippen molar-refractivity contribution in [3.63, 3.8) is 0 Å². The maximum atomic E-state index is 12.0. The molecule has 0 unspecified atom stereocenters. The molecule has 1 N–H and O–H groups in total. The zero-order chi connectivity index (χ0) is 15.3. The Kier molecular flexibility index (Phi) is 5.17. The third-order valence-corrected chi connectivity index (χ3v) is 4.57. The van der Waals surface area contributed by atoms with E-state index in [0.717, 1.165) is 12.8 Å². The molecule has 0 fully saturated rings. The third kappa shape index (κ3) is 4.42. The number of carbonyl (C=O) groups is 1. The van der Waals surface area contributed by atoms with E-state index in [0.29, 0.717) is 24.5 Å². The number of hydrogen-bond acceptors (Lipinski definition) is 4. The summed E-state index contributed by atoms with van der Waals surface area (Å²) in [6, 6.07) is 0. The van der Waals surface area contributed by atoms with E-state index in [1.54, 1.807) is 23.3 Å². The molecule has 0 saturated carbocycles. The number of rotatable bonds is 6. The van der Waals surface area contributed by atoms with Crippen molar-refractivity contribution >= 4 is 21.8 Å². The highest BCUT2D eigenvalue weighted by Gasteiger charge is 2.24. The second-order valence-corrected chi connectivity index (χ2v) is 6.92. The number of hydrogen-bond donors (Lipinski definition) is 1. The highest BCUT2D eigenvalue weighted by Crippen LogP contribution is 2.15. The van der Waals surface area contributed by atoms with Crippen LogP contribution >= 0.6 is 0 Å². The molecule has 2 heterocycles. The third-order valence-electron chi connectivity index (χ3n) is 3.40. The van der Waals surface area contributed by atoms with Crippen molar-refractivity contribution < 1.29 is 13.2 Å². The van der Waals surface area contributed by atoms with Gasteiger partial charge in [-0.3, -0.25) is 4.79 Å². The van der Waals surface area contributed by atoms with Gasteiger partial charge in [-0.2, -0.15) is 0 Å². The van der Waals surface area contributed by atoms with Crippen LogP contribution in [0.5, 0.6) is 0 Å². The Morgan fingerprint density at radius 1 is 1.33 bits per heavy atom. The van der Waals surface area contributed by atoms with Crippen molar-refractivity contribution in [3.8, 4) is 0 Å². The molecule has 0 aromatic carbocycles. The van der Waals surface area contributed by atoms with Crippen LogP contribution in [-0.4, -0.2) is 43.9 Å². The predicted molar refractivity (Wildman–Crippen MR) is 82.3 cm³/mol. The molecule has 0 saturated heterocycles. The van der Waals surface area contributed by atoms with Crippen LogP contribution in [0.15, 0.2) is 28.3 Å². The number of sulfonamides is 1. The largest absolute Gasteiger partial charge is 0.352 e. The molecule has 0 atom stereocenters. The van der Waals surface area contributed by atoms with Crippen LogP contribution in [0.3, 0.4) is 0 Å². The highest BCUT2D eigenvalue weighted by molar-refractivity contribution is 7.90. The molecule has 1 amide bonds. The van der Waals surface area contributed by atoms with Gasteiger partial charge in [-0.05, 0) is 18.6 Å². The topological polar surface area (TPSA) is 78.8 Å². The maximum Gasteiger partial charge on any atom is 0.256 e. The summed E-state index contributed by atoms with van der Waals surface area (Å²) >= 11 is 0. The fraction of sp³-hybridized carbons (Fsp3) is 0.571. The molecule has 0 bridgehead atoms. The molecule has 21 heavy (non-hydrogen) atoms. The van der Waals surface area contributed by atoms with Crippen LogP contribution in [0.2, 0.25) is 0 Å². The number of amidine groups is 1. The molecule has 0 aliphatic carbocycles. The number of nitrogens with zero attached hydrogens (tertiary/aromatic N) is 2. The lowest BCUT2D eigenvalue weighted by Gasteiger charge is -2.26. The number of amides is 1. The van der Waals surface area contributed by atoms with Gasteiger partial charge in [0.2, 0.25) is 0 Å². The van der Waals surface area contributed by atoms with Crippen LogP contribution in [-0.2, 0) is 14.8 Å². The van der Waals surface area contributed by atoms with Crippen LogP contribution in [0.25, 0.3) is 0 Å². The van der Waals surface area contributed by atoms with Crippen molar-refractivity contribution in [2.45, 2.75) is 32.6 Å². The summed E-state index contributed by atoms with van der Waals surface area (Å²) in [5, 5.41) is 2.88. The van der Waals surface area contributed by atoms with Gasteiger partial charge in [0.1, 0.15) is 5.84 Å². The summed E-state index contributed by atoms with van der Waals surface area (Å²) in [5.41, 5.74) is 0.531. The van der Waals surface area contributed by atoms with Crippen molar-refractivity contribution in [2.75, 3.05) is 18.8 Å². The van der Waals surface area contributed by atoms with Crippen molar-refractivity contribution in [1.82, 2.24) is 10.2 Å². The first-order chi connectivity index (χ1) is 10.0. The molecule has 2 aliphatic heterocycles. The molecule has 0 aromatic rings. The van der Waals surface area contributed by atoms with Crippen LogP contribution in [0, 0.1) is 0 Å². The van der Waals surface area contributed by atoms with Gasteiger partial charge in [0.15, 0.2) is 0 Å². The number of fused-ring (bicyclic) bond motifs is 1. The average molecular weight is 311 g/mol. The number of carbonyl (C=O) groups excluding carboxylic acids is 1. The van der Waals surface area contributed by atoms with E-state index in [4.69, 9.17) is 0 Å². The smallest absolute Gasteiger partial charge is 0.256 e. The predicted octanol–water partition coefficient (Wildman–Crippen LogP) is 1.18. The first-order valence-corrected chi connectivity index (χ1v) is 8.90. The first kappa shape index (κ1) is 15.8. The molecule has 0 spiro atoms. The van der Waals surface area contributed by atoms with E-state index < -0.39 is 10.0 Å². The SMILES string of the molecule is CCCCCCNC(=O)C1=CN2CCS(=O)(=O)N=C2C=C1. The summed E-state index contributed by atoms with van der Waals surface area (Å²) in [7, 11) is -3.35. The molecular weight excluding hydrogens is 290 g/mol. The Morgan fingerprint density at radius 3 is 2.90 bits per heavy atom. The van der Waals surface area contributed by atoms with Gasteiger partial charge in [0.25, 0.3) is 15.9 Å². The van der Waals surface area contributed by atoms with Crippen LogP contribution in [0.4, 0.5) is 0 Å².